The van der Waals surface area contributed by atoms with Crippen LogP contribution in [0.5, 0.6) is 23.0 Å². The Morgan fingerprint density at radius 1 is 0.710 bits per heavy atom. The highest BCUT2D eigenvalue weighted by Crippen LogP contribution is 2.51. The van der Waals surface area contributed by atoms with E-state index < -0.39 is 23.3 Å². The maximum Gasteiger partial charge on any atom is 0.173 e. The number of ketones is 2. The van der Waals surface area contributed by atoms with E-state index in [9.17, 15) is 30.0 Å². The van der Waals surface area contributed by atoms with Crippen LogP contribution in [0.3, 0.4) is 0 Å². The van der Waals surface area contributed by atoms with Gasteiger partial charge in [-0.3, -0.25) is 9.59 Å². The van der Waals surface area contributed by atoms with E-state index in [4.69, 9.17) is 4.42 Å². The van der Waals surface area contributed by atoms with Crippen LogP contribution in [-0.4, -0.2) is 32.0 Å². The van der Waals surface area contributed by atoms with Crippen LogP contribution in [0.4, 0.5) is 0 Å². The molecule has 0 spiro atoms. The highest BCUT2D eigenvalue weighted by atomic mass is 16.3. The van der Waals surface area contributed by atoms with Gasteiger partial charge in [-0.2, -0.15) is 0 Å². The maximum absolute atomic E-state index is 13.1. The van der Waals surface area contributed by atoms with Crippen molar-refractivity contribution < 1.29 is 34.4 Å². The molecule has 0 saturated heterocycles. The quantitative estimate of drug-likeness (QED) is 0.383. The number of phenolic OH excluding ortho intramolecular Hbond substituents is 4. The maximum atomic E-state index is 13.1. The number of fused-ring (bicyclic) bond motifs is 3. The molecule has 0 radical (unpaired) electrons. The molecule has 0 aliphatic carbocycles. The van der Waals surface area contributed by atoms with Crippen LogP contribution in [0.25, 0.3) is 21.9 Å². The van der Waals surface area contributed by atoms with Gasteiger partial charge in [0.2, 0.25) is 0 Å². The summed E-state index contributed by atoms with van der Waals surface area (Å²) in [6, 6.07) is 0. The van der Waals surface area contributed by atoms with Gasteiger partial charge in [0.1, 0.15) is 34.1 Å². The predicted molar refractivity (Wildman–Crippen MR) is 117 cm³/mol. The lowest BCUT2D eigenvalue weighted by Gasteiger charge is -2.13. The molecule has 1 aromatic heterocycles. The van der Waals surface area contributed by atoms with E-state index in [1.54, 1.807) is 13.8 Å². The fraction of sp³-hybridized carbons (Fsp3) is 0.417. The Bertz CT molecular complexity index is 1140. The van der Waals surface area contributed by atoms with E-state index >= 15 is 0 Å². The van der Waals surface area contributed by atoms with Crippen molar-refractivity contribution in [3.63, 3.8) is 0 Å². The number of carbonyl (C=O) groups is 2. The molecule has 3 aromatic rings. The van der Waals surface area contributed by atoms with Crippen LogP contribution in [-0.2, 0) is 0 Å². The van der Waals surface area contributed by atoms with Gasteiger partial charge in [0.25, 0.3) is 0 Å². The first kappa shape index (κ1) is 22.5. The summed E-state index contributed by atoms with van der Waals surface area (Å²) in [5.74, 6) is -3.20. The number of hydrogen-bond donors (Lipinski definition) is 4. The molecule has 0 unspecified atom stereocenters. The van der Waals surface area contributed by atoms with Gasteiger partial charge in [0.05, 0.1) is 10.8 Å². The average Bonchev–Trinajstić information content (AvgIpc) is 3.14. The van der Waals surface area contributed by atoms with Crippen LogP contribution < -0.4 is 0 Å². The fourth-order valence-corrected chi connectivity index (χ4v) is 3.75. The van der Waals surface area contributed by atoms with E-state index in [1.165, 1.54) is 13.8 Å². The molecule has 0 aliphatic rings. The van der Waals surface area contributed by atoms with Gasteiger partial charge in [-0.15, -0.1) is 0 Å². The molecule has 2 atom stereocenters. The molecule has 0 amide bonds. The largest absolute Gasteiger partial charge is 0.507 e. The smallest absolute Gasteiger partial charge is 0.173 e. The molecule has 4 N–H and O–H groups in total. The van der Waals surface area contributed by atoms with Gasteiger partial charge in [-0.05, 0) is 26.7 Å². The lowest BCUT2D eigenvalue weighted by atomic mass is 9.90. The SMILES string of the molecule is CC[C@@H](C)C(=O)c1c(O)c(C)c(O)c2c1oc1c(C(=O)[C@H](C)CC)c(O)c(C)c(O)c12. The number of carbonyl (C=O) groups excluding carboxylic acids is 2. The Morgan fingerprint density at radius 3 is 1.32 bits per heavy atom. The van der Waals surface area contributed by atoms with Gasteiger partial charge < -0.3 is 24.8 Å². The highest BCUT2D eigenvalue weighted by molar-refractivity contribution is 6.24. The molecule has 0 bridgehead atoms. The molecule has 1 heterocycles. The van der Waals surface area contributed by atoms with Crippen LogP contribution >= 0.6 is 0 Å². The van der Waals surface area contributed by atoms with Gasteiger partial charge in [0, 0.05) is 23.0 Å². The highest BCUT2D eigenvalue weighted by Gasteiger charge is 2.33. The van der Waals surface area contributed by atoms with Gasteiger partial charge >= 0.3 is 0 Å². The Morgan fingerprint density at radius 2 is 1.03 bits per heavy atom. The van der Waals surface area contributed by atoms with Crippen molar-refractivity contribution in [1.82, 2.24) is 0 Å². The van der Waals surface area contributed by atoms with Crippen molar-refractivity contribution in [2.24, 2.45) is 11.8 Å². The monoisotopic (exact) mass is 428 g/mol. The molecule has 3 rings (SSSR count). The molecular formula is C24H28O7. The summed E-state index contributed by atoms with van der Waals surface area (Å²) < 4.78 is 5.90. The summed E-state index contributed by atoms with van der Waals surface area (Å²) in [5.41, 5.74) is -0.369. The molecule has 166 valence electrons. The Kier molecular flexibility index (Phi) is 5.65. The van der Waals surface area contributed by atoms with E-state index in [-0.39, 0.29) is 67.3 Å². The third-order valence-corrected chi connectivity index (χ3v) is 6.34. The number of benzene rings is 2. The Hall–Kier alpha value is -3.22. The van der Waals surface area contributed by atoms with Gasteiger partial charge in [-0.1, -0.05) is 27.7 Å². The van der Waals surface area contributed by atoms with Gasteiger partial charge in [0.15, 0.2) is 22.7 Å². The van der Waals surface area contributed by atoms with Crippen molar-refractivity contribution in [1.29, 1.82) is 0 Å². The summed E-state index contributed by atoms with van der Waals surface area (Å²) in [5, 5.41) is 43.0. The number of aromatic hydroxyl groups is 4. The van der Waals surface area contributed by atoms with E-state index in [1.807, 2.05) is 13.8 Å². The zero-order chi connectivity index (χ0) is 23.4. The Labute approximate surface area is 179 Å². The molecule has 0 fully saturated rings. The number of hydrogen-bond acceptors (Lipinski definition) is 7. The van der Waals surface area contributed by atoms with Crippen molar-refractivity contribution in [2.75, 3.05) is 0 Å². The average molecular weight is 428 g/mol. The second-order valence-electron chi connectivity index (χ2n) is 8.25. The lowest BCUT2D eigenvalue weighted by molar-refractivity contribution is 0.0918. The van der Waals surface area contributed by atoms with Crippen molar-refractivity contribution in [2.45, 2.75) is 54.4 Å². The second kappa shape index (κ2) is 7.80. The first-order chi connectivity index (χ1) is 14.5. The van der Waals surface area contributed by atoms with E-state index in [2.05, 4.69) is 0 Å². The normalized spacial score (nSPS) is 13.6. The zero-order valence-corrected chi connectivity index (χ0v) is 18.6. The molecular weight excluding hydrogens is 400 g/mol. The third-order valence-electron chi connectivity index (χ3n) is 6.34. The standard InChI is InChI=1S/C24H28O7/c1-7-9(3)17(25)15-21(29)11(5)19(27)13-14-20(28)12(6)22(30)16(18(26)10(4)8-2)24(14)31-23(13)15/h9-10,27-30H,7-8H2,1-6H3/t9-,10-/m1/s1. The fourth-order valence-electron chi connectivity index (χ4n) is 3.75. The minimum atomic E-state index is -0.434. The first-order valence-electron chi connectivity index (χ1n) is 10.4. The minimum absolute atomic E-state index is 0.0238. The van der Waals surface area contributed by atoms with Crippen LogP contribution in [0.15, 0.2) is 4.42 Å². The van der Waals surface area contributed by atoms with Crippen LogP contribution in [0.1, 0.15) is 72.4 Å². The first-order valence-corrected chi connectivity index (χ1v) is 10.4. The van der Waals surface area contributed by atoms with Crippen molar-refractivity contribution in [3.05, 3.63) is 22.3 Å². The molecule has 7 nitrogen and oxygen atoms in total. The molecule has 31 heavy (non-hydrogen) atoms. The molecule has 0 aliphatic heterocycles. The summed E-state index contributed by atoms with van der Waals surface area (Å²) in [6.07, 6.45) is 1.03. The zero-order valence-electron chi connectivity index (χ0n) is 18.6. The topological polar surface area (TPSA) is 128 Å². The van der Waals surface area contributed by atoms with Gasteiger partial charge in [-0.25, -0.2) is 0 Å². The number of Topliss-reactive ketones (excluding diaryl/α,β-unsaturated/α-hetero) is 2. The predicted octanol–water partition coefficient (Wildman–Crippen LogP) is 5.48. The number of furan rings is 1. The lowest BCUT2D eigenvalue weighted by Crippen LogP contribution is -2.11. The molecule has 7 heteroatoms. The van der Waals surface area contributed by atoms with E-state index in [0.717, 1.165) is 0 Å². The van der Waals surface area contributed by atoms with Crippen molar-refractivity contribution >= 4 is 33.5 Å². The number of rotatable bonds is 6. The van der Waals surface area contributed by atoms with E-state index in [0.29, 0.717) is 12.8 Å². The minimum Gasteiger partial charge on any atom is -0.507 e. The second-order valence-corrected chi connectivity index (χ2v) is 8.25. The summed E-state index contributed by atoms with van der Waals surface area (Å²) in [4.78, 5) is 26.1. The summed E-state index contributed by atoms with van der Waals surface area (Å²) in [6.45, 7) is 9.99. The Balaban J connectivity index is 2.61. The third kappa shape index (κ3) is 3.10. The van der Waals surface area contributed by atoms with Crippen LogP contribution in [0.2, 0.25) is 0 Å². The summed E-state index contributed by atoms with van der Waals surface area (Å²) in [7, 11) is 0. The molecule has 0 saturated carbocycles. The van der Waals surface area contributed by atoms with Crippen LogP contribution in [0, 0.1) is 25.7 Å². The number of phenols is 4. The van der Waals surface area contributed by atoms with Crippen molar-refractivity contribution in [3.8, 4) is 23.0 Å². The summed E-state index contributed by atoms with van der Waals surface area (Å²) >= 11 is 0. The molecule has 2 aromatic carbocycles.